The number of nitrogens with two attached hydrogens (primary N) is 1. The van der Waals surface area contributed by atoms with Crippen LogP contribution in [-0.4, -0.2) is 26.2 Å². The Morgan fingerprint density at radius 3 is 2.29 bits per heavy atom. The lowest BCUT2D eigenvalue weighted by molar-refractivity contribution is 0.411. The maximum atomic E-state index is 5.82. The van der Waals surface area contributed by atoms with Crippen LogP contribution in [0.5, 0.6) is 5.75 Å². The molecule has 1 aromatic carbocycles. The molecule has 0 fully saturated rings. The SMILES string of the molecule is COc1ccc(N(C)C(C)(C)CN)c(C)c1C. The predicted octanol–water partition coefficient (Wildman–Crippen LogP) is 2.49. The molecule has 0 atom stereocenters. The number of nitrogens with zero attached hydrogens (tertiary/aromatic N) is 1. The third-order valence-corrected chi connectivity index (χ3v) is 3.70. The molecule has 2 N–H and O–H groups in total. The average Bonchev–Trinajstić information content (AvgIpc) is 2.31. The van der Waals surface area contributed by atoms with E-state index in [-0.39, 0.29) is 5.54 Å². The van der Waals surface area contributed by atoms with Gasteiger partial charge in [-0.2, -0.15) is 0 Å². The van der Waals surface area contributed by atoms with Crippen LogP contribution in [0.25, 0.3) is 0 Å². The summed E-state index contributed by atoms with van der Waals surface area (Å²) in [4.78, 5) is 2.23. The van der Waals surface area contributed by atoms with E-state index in [1.54, 1.807) is 7.11 Å². The molecular formula is C14H24N2O. The molecule has 1 aromatic rings. The second-order valence-electron chi connectivity index (χ2n) is 5.11. The lowest BCUT2D eigenvalue weighted by atomic mass is 9.99. The molecule has 0 amide bonds. The zero-order chi connectivity index (χ0) is 13.2. The molecule has 0 saturated carbocycles. The Morgan fingerprint density at radius 1 is 1.24 bits per heavy atom. The van der Waals surface area contributed by atoms with E-state index in [4.69, 9.17) is 10.5 Å². The van der Waals surface area contributed by atoms with Gasteiger partial charge < -0.3 is 15.4 Å². The summed E-state index contributed by atoms with van der Waals surface area (Å²) < 4.78 is 5.33. The predicted molar refractivity (Wildman–Crippen MR) is 74.0 cm³/mol. The molecule has 1 rings (SSSR count). The first-order chi connectivity index (χ1) is 7.85. The maximum Gasteiger partial charge on any atom is 0.122 e. The Morgan fingerprint density at radius 2 is 1.82 bits per heavy atom. The van der Waals surface area contributed by atoms with Crippen molar-refractivity contribution in [2.24, 2.45) is 5.73 Å². The van der Waals surface area contributed by atoms with Gasteiger partial charge in [0.25, 0.3) is 0 Å². The summed E-state index contributed by atoms with van der Waals surface area (Å²) in [5.74, 6) is 0.935. The van der Waals surface area contributed by atoms with Crippen LogP contribution in [0.15, 0.2) is 12.1 Å². The highest BCUT2D eigenvalue weighted by Crippen LogP contribution is 2.32. The standard InChI is InChI=1S/C14H24N2O/c1-10-11(2)13(17-6)8-7-12(10)16(5)14(3,4)9-15/h7-8H,9,15H2,1-6H3. The molecule has 0 aliphatic rings. The minimum atomic E-state index is -0.0498. The fourth-order valence-corrected chi connectivity index (χ4v) is 1.83. The van der Waals surface area contributed by atoms with Crippen molar-refractivity contribution >= 4 is 5.69 Å². The lowest BCUT2D eigenvalue weighted by Crippen LogP contribution is -2.47. The van der Waals surface area contributed by atoms with Gasteiger partial charge in [-0.1, -0.05) is 0 Å². The Labute approximate surface area is 105 Å². The number of rotatable bonds is 4. The second kappa shape index (κ2) is 4.96. The summed E-state index contributed by atoms with van der Waals surface area (Å²) in [6.45, 7) is 9.11. The van der Waals surface area contributed by atoms with Crippen molar-refractivity contribution in [3.05, 3.63) is 23.3 Å². The quantitative estimate of drug-likeness (QED) is 0.873. The molecule has 0 aliphatic carbocycles. The van der Waals surface area contributed by atoms with Gasteiger partial charge in [-0.05, 0) is 51.0 Å². The van der Waals surface area contributed by atoms with E-state index < -0.39 is 0 Å². The fourth-order valence-electron chi connectivity index (χ4n) is 1.83. The third-order valence-electron chi connectivity index (χ3n) is 3.70. The van der Waals surface area contributed by atoms with Crippen molar-refractivity contribution in [1.82, 2.24) is 0 Å². The molecule has 0 aromatic heterocycles. The number of anilines is 1. The van der Waals surface area contributed by atoms with Crippen molar-refractivity contribution in [1.29, 1.82) is 0 Å². The number of methoxy groups -OCH3 is 1. The van der Waals surface area contributed by atoms with Crippen molar-refractivity contribution in [3.63, 3.8) is 0 Å². The summed E-state index contributed by atoms with van der Waals surface area (Å²) in [7, 11) is 3.79. The molecule has 0 bridgehead atoms. The highest BCUT2D eigenvalue weighted by Gasteiger charge is 2.23. The molecule has 0 unspecified atom stereocenters. The Balaban J connectivity index is 3.21. The van der Waals surface area contributed by atoms with E-state index in [2.05, 4.69) is 45.7 Å². The average molecular weight is 236 g/mol. The Kier molecular flexibility index (Phi) is 4.04. The van der Waals surface area contributed by atoms with Crippen LogP contribution in [0.1, 0.15) is 25.0 Å². The first-order valence-electron chi connectivity index (χ1n) is 5.93. The smallest absolute Gasteiger partial charge is 0.122 e. The summed E-state index contributed by atoms with van der Waals surface area (Å²) in [6, 6.07) is 4.11. The van der Waals surface area contributed by atoms with Crippen LogP contribution >= 0.6 is 0 Å². The highest BCUT2D eigenvalue weighted by molar-refractivity contribution is 5.60. The monoisotopic (exact) mass is 236 g/mol. The van der Waals surface area contributed by atoms with Gasteiger partial charge in [0.1, 0.15) is 5.75 Å². The molecule has 0 aliphatic heterocycles. The Bertz CT molecular complexity index is 399. The first-order valence-corrected chi connectivity index (χ1v) is 5.93. The molecule has 3 heteroatoms. The van der Waals surface area contributed by atoms with Crippen LogP contribution < -0.4 is 15.4 Å². The van der Waals surface area contributed by atoms with Crippen molar-refractivity contribution in [3.8, 4) is 5.75 Å². The lowest BCUT2D eigenvalue weighted by Gasteiger charge is -2.37. The van der Waals surface area contributed by atoms with Gasteiger partial charge in [0, 0.05) is 24.8 Å². The largest absolute Gasteiger partial charge is 0.496 e. The minimum Gasteiger partial charge on any atom is -0.496 e. The van der Waals surface area contributed by atoms with E-state index in [1.165, 1.54) is 16.8 Å². The normalized spacial score (nSPS) is 11.5. The van der Waals surface area contributed by atoms with Gasteiger partial charge in [-0.3, -0.25) is 0 Å². The Hall–Kier alpha value is -1.22. The summed E-state index contributed by atoms with van der Waals surface area (Å²) in [5, 5.41) is 0. The van der Waals surface area contributed by atoms with E-state index in [9.17, 15) is 0 Å². The summed E-state index contributed by atoms with van der Waals surface area (Å²) >= 11 is 0. The molecule has 96 valence electrons. The number of hydrogen-bond donors (Lipinski definition) is 1. The van der Waals surface area contributed by atoms with Crippen molar-refractivity contribution < 1.29 is 4.74 Å². The van der Waals surface area contributed by atoms with E-state index in [0.29, 0.717) is 6.54 Å². The zero-order valence-corrected chi connectivity index (χ0v) is 11.8. The maximum absolute atomic E-state index is 5.82. The van der Waals surface area contributed by atoms with Gasteiger partial charge in [0.2, 0.25) is 0 Å². The number of hydrogen-bond acceptors (Lipinski definition) is 3. The number of benzene rings is 1. The molecule has 17 heavy (non-hydrogen) atoms. The number of ether oxygens (including phenoxy) is 1. The van der Waals surface area contributed by atoms with Crippen molar-refractivity contribution in [2.45, 2.75) is 33.2 Å². The van der Waals surface area contributed by atoms with Crippen LogP contribution in [0.3, 0.4) is 0 Å². The van der Waals surface area contributed by atoms with Gasteiger partial charge >= 0.3 is 0 Å². The van der Waals surface area contributed by atoms with Crippen LogP contribution in [0.4, 0.5) is 5.69 Å². The van der Waals surface area contributed by atoms with Crippen LogP contribution in [0.2, 0.25) is 0 Å². The molecule has 0 heterocycles. The molecular weight excluding hydrogens is 212 g/mol. The van der Waals surface area contributed by atoms with Gasteiger partial charge in [-0.15, -0.1) is 0 Å². The van der Waals surface area contributed by atoms with Gasteiger partial charge in [0.15, 0.2) is 0 Å². The molecule has 3 nitrogen and oxygen atoms in total. The first kappa shape index (κ1) is 13.8. The summed E-state index contributed by atoms with van der Waals surface area (Å²) in [5.41, 5.74) is 9.41. The fraction of sp³-hybridized carbons (Fsp3) is 0.571. The van der Waals surface area contributed by atoms with E-state index in [1.807, 2.05) is 6.07 Å². The highest BCUT2D eigenvalue weighted by atomic mass is 16.5. The van der Waals surface area contributed by atoms with Gasteiger partial charge in [-0.25, -0.2) is 0 Å². The molecule has 0 spiro atoms. The zero-order valence-electron chi connectivity index (χ0n) is 11.8. The van der Waals surface area contributed by atoms with E-state index in [0.717, 1.165) is 5.75 Å². The topological polar surface area (TPSA) is 38.5 Å². The second-order valence-corrected chi connectivity index (χ2v) is 5.11. The minimum absolute atomic E-state index is 0.0498. The number of likely N-dealkylation sites (N-methyl/N-ethyl adjacent to an activating group) is 1. The van der Waals surface area contributed by atoms with Crippen molar-refractivity contribution in [2.75, 3.05) is 25.6 Å². The third kappa shape index (κ3) is 2.55. The molecule has 0 radical (unpaired) electrons. The summed E-state index contributed by atoms with van der Waals surface area (Å²) in [6.07, 6.45) is 0. The van der Waals surface area contributed by atoms with E-state index >= 15 is 0 Å². The van der Waals surface area contributed by atoms with Crippen LogP contribution in [-0.2, 0) is 0 Å². The van der Waals surface area contributed by atoms with Gasteiger partial charge in [0.05, 0.1) is 7.11 Å². The van der Waals surface area contributed by atoms with Crippen LogP contribution in [0, 0.1) is 13.8 Å². The molecule has 0 saturated heterocycles.